The summed E-state index contributed by atoms with van der Waals surface area (Å²) in [5.41, 5.74) is 10.1. The van der Waals surface area contributed by atoms with Crippen LogP contribution in [0.3, 0.4) is 0 Å². The van der Waals surface area contributed by atoms with E-state index in [0.29, 0.717) is 28.3 Å². The van der Waals surface area contributed by atoms with Gasteiger partial charge in [-0.3, -0.25) is 24.1 Å². The van der Waals surface area contributed by atoms with Crippen LogP contribution in [0.5, 0.6) is 0 Å². The van der Waals surface area contributed by atoms with Crippen LogP contribution in [0, 0.1) is 0 Å². The van der Waals surface area contributed by atoms with Gasteiger partial charge in [0.2, 0.25) is 5.78 Å². The Balaban J connectivity index is 1.33. The number of hydrogen-bond acceptors (Lipinski definition) is 11. The molecule has 0 heterocycles. The minimum absolute atomic E-state index is 0.0915. The zero-order chi connectivity index (χ0) is 32.4. The molecular formula is C29H22N6O8S2. The van der Waals surface area contributed by atoms with Crippen LogP contribution in [-0.2, 0) is 20.2 Å². The lowest BCUT2D eigenvalue weighted by Crippen LogP contribution is -2.27. The number of Topliss-reactive ketones (excluding diaryl/α,β-unsaturated/α-hetero) is 1. The van der Waals surface area contributed by atoms with Gasteiger partial charge in [0.15, 0.2) is 5.71 Å². The second-order valence-corrected chi connectivity index (χ2v) is 12.3. The maximum atomic E-state index is 13.3. The van der Waals surface area contributed by atoms with Crippen LogP contribution in [0.2, 0.25) is 0 Å². The number of carbonyl (C=O) groups is 2. The minimum Gasteiger partial charge on any atom is -0.399 e. The molecule has 0 spiro atoms. The number of hydrogen-bond donors (Lipinski definition) is 5. The van der Waals surface area contributed by atoms with E-state index in [1.54, 1.807) is 12.1 Å². The number of amides is 1. The molecule has 14 nitrogen and oxygen atoms in total. The van der Waals surface area contributed by atoms with Gasteiger partial charge in [0, 0.05) is 22.5 Å². The molecule has 45 heavy (non-hydrogen) atoms. The summed E-state index contributed by atoms with van der Waals surface area (Å²) in [6, 6.07) is 21.7. The lowest BCUT2D eigenvalue weighted by molar-refractivity contribution is 0.102. The van der Waals surface area contributed by atoms with Crippen molar-refractivity contribution in [3.8, 4) is 0 Å². The molecule has 0 atom stereocenters. The number of azo groups is 1. The molecule has 0 aromatic heterocycles. The van der Waals surface area contributed by atoms with E-state index in [1.807, 2.05) is 0 Å². The van der Waals surface area contributed by atoms with Crippen molar-refractivity contribution in [2.45, 2.75) is 4.90 Å². The fourth-order valence-electron chi connectivity index (χ4n) is 4.08. The lowest BCUT2D eigenvalue weighted by atomic mass is 9.94. The van der Waals surface area contributed by atoms with Gasteiger partial charge in [-0.15, -0.1) is 0 Å². The molecule has 0 radical (unpaired) electrons. The minimum atomic E-state index is -4.89. The molecular weight excluding hydrogens is 624 g/mol. The van der Waals surface area contributed by atoms with Gasteiger partial charge in [-0.2, -0.15) is 32.2 Å². The van der Waals surface area contributed by atoms with Gasteiger partial charge in [-0.1, -0.05) is 0 Å². The van der Waals surface area contributed by atoms with Crippen molar-refractivity contribution in [1.29, 1.82) is 0 Å². The Morgan fingerprint density at radius 2 is 1.31 bits per heavy atom. The van der Waals surface area contributed by atoms with Crippen molar-refractivity contribution >= 4 is 72.2 Å². The average Bonchev–Trinajstić information content (AvgIpc) is 2.99. The Kier molecular flexibility index (Phi) is 8.38. The normalized spacial score (nSPS) is 14.2. The predicted octanol–water partition coefficient (Wildman–Crippen LogP) is 5.08. The number of rotatable bonds is 8. The number of hydrazone groups is 1. The molecule has 4 aromatic carbocycles. The van der Waals surface area contributed by atoms with E-state index in [4.69, 9.17) is 10.3 Å². The van der Waals surface area contributed by atoms with Crippen LogP contribution >= 0.6 is 0 Å². The zero-order valence-corrected chi connectivity index (χ0v) is 24.5. The van der Waals surface area contributed by atoms with E-state index in [9.17, 15) is 31.0 Å². The summed E-state index contributed by atoms with van der Waals surface area (Å²) in [6.07, 6.45) is 1.08. The third kappa shape index (κ3) is 7.34. The molecule has 228 valence electrons. The average molecular weight is 647 g/mol. The fraction of sp³-hybridized carbons (Fsp3) is 0. The Hall–Kier alpha value is -5.55. The molecule has 6 N–H and O–H groups in total. The van der Waals surface area contributed by atoms with Crippen LogP contribution in [0.1, 0.15) is 26.3 Å². The van der Waals surface area contributed by atoms with Crippen molar-refractivity contribution in [3.05, 3.63) is 113 Å². The van der Waals surface area contributed by atoms with Gasteiger partial charge in [0.1, 0.15) is 4.91 Å². The first-order valence-electron chi connectivity index (χ1n) is 12.8. The number of carbonyl (C=O) groups excluding carboxylic acids is 2. The van der Waals surface area contributed by atoms with Crippen molar-refractivity contribution in [3.63, 3.8) is 0 Å². The number of allylic oxidation sites excluding steroid dienone is 1. The van der Waals surface area contributed by atoms with Gasteiger partial charge in [-0.25, -0.2) is 0 Å². The highest BCUT2D eigenvalue weighted by atomic mass is 32.2. The SMILES string of the molecule is Nc1ccc(C(=O)Nc2ccc3c(c2)C=C(S(=O)(=O)O)C(=NNc2ccc(N=Nc4ccc(S(=O)(=O)O)cc4)cc2)C3=O)cc1. The monoisotopic (exact) mass is 646 g/mol. The molecule has 1 amide bonds. The maximum absolute atomic E-state index is 13.3. The molecule has 4 aromatic rings. The smallest absolute Gasteiger partial charge is 0.296 e. The van der Waals surface area contributed by atoms with E-state index in [1.165, 1.54) is 78.9 Å². The summed E-state index contributed by atoms with van der Waals surface area (Å²) in [5.74, 6) is -1.24. The Morgan fingerprint density at radius 3 is 1.89 bits per heavy atom. The molecule has 0 unspecified atom stereocenters. The standard InChI is InChI=1S/C29H22N6O8S2/c30-19-3-1-17(2-4-19)29(37)31-23-11-14-25-18(15-23)16-26(45(41,42)43)27(28(25)36)35-34-21-7-5-20(6-8-21)32-33-22-9-12-24(13-10-22)44(38,39)40/h1-16,34H,30H2,(H,31,37)(H,38,39,40)(H,41,42,43). The summed E-state index contributed by atoms with van der Waals surface area (Å²) in [6.45, 7) is 0. The summed E-state index contributed by atoms with van der Waals surface area (Å²) in [5, 5.41) is 14.6. The maximum Gasteiger partial charge on any atom is 0.296 e. The van der Waals surface area contributed by atoms with Crippen LogP contribution < -0.4 is 16.5 Å². The molecule has 0 bridgehead atoms. The number of nitrogen functional groups attached to an aromatic ring is 1. The molecule has 0 saturated heterocycles. The first-order chi connectivity index (χ1) is 21.3. The van der Waals surface area contributed by atoms with E-state index in [2.05, 4.69) is 26.1 Å². The van der Waals surface area contributed by atoms with Gasteiger partial charge in [0.25, 0.3) is 26.1 Å². The van der Waals surface area contributed by atoms with Crippen molar-refractivity contribution in [1.82, 2.24) is 0 Å². The third-order valence-electron chi connectivity index (χ3n) is 6.32. The molecule has 1 aliphatic carbocycles. The second kappa shape index (κ2) is 12.2. The molecule has 16 heteroatoms. The predicted molar refractivity (Wildman–Crippen MR) is 167 cm³/mol. The first-order valence-corrected chi connectivity index (χ1v) is 15.6. The first kappa shape index (κ1) is 30.9. The van der Waals surface area contributed by atoms with Gasteiger partial charge >= 0.3 is 0 Å². The Morgan fingerprint density at radius 1 is 0.733 bits per heavy atom. The van der Waals surface area contributed by atoms with E-state index < -0.39 is 42.5 Å². The number of nitrogens with two attached hydrogens (primary N) is 1. The number of nitrogens with one attached hydrogen (secondary N) is 2. The number of anilines is 3. The van der Waals surface area contributed by atoms with Crippen LogP contribution in [0.15, 0.2) is 116 Å². The molecule has 0 fully saturated rings. The second-order valence-electron chi connectivity index (χ2n) is 9.48. The van der Waals surface area contributed by atoms with Gasteiger partial charge < -0.3 is 11.1 Å². The zero-order valence-electron chi connectivity index (χ0n) is 22.8. The van der Waals surface area contributed by atoms with Crippen LogP contribution in [0.25, 0.3) is 6.08 Å². The summed E-state index contributed by atoms with van der Waals surface area (Å²) in [4.78, 5) is 24.8. The Labute approximate surface area is 256 Å². The fourth-order valence-corrected chi connectivity index (χ4v) is 5.22. The summed E-state index contributed by atoms with van der Waals surface area (Å²) >= 11 is 0. The third-order valence-corrected chi connectivity index (χ3v) is 8.05. The van der Waals surface area contributed by atoms with E-state index in [-0.39, 0.29) is 21.7 Å². The largest absolute Gasteiger partial charge is 0.399 e. The van der Waals surface area contributed by atoms with Crippen LogP contribution in [-0.4, -0.2) is 43.3 Å². The highest BCUT2D eigenvalue weighted by molar-refractivity contribution is 7.91. The lowest BCUT2D eigenvalue weighted by Gasteiger charge is -2.17. The number of benzene rings is 4. The molecule has 0 saturated carbocycles. The van der Waals surface area contributed by atoms with E-state index >= 15 is 0 Å². The highest BCUT2D eigenvalue weighted by Crippen LogP contribution is 2.29. The van der Waals surface area contributed by atoms with Gasteiger partial charge in [-0.05, 0) is 103 Å². The number of fused-ring (bicyclic) bond motifs is 1. The van der Waals surface area contributed by atoms with E-state index in [0.717, 1.165) is 6.08 Å². The molecule has 1 aliphatic rings. The van der Waals surface area contributed by atoms with Crippen molar-refractivity contribution in [2.24, 2.45) is 15.3 Å². The van der Waals surface area contributed by atoms with Crippen LogP contribution in [0.4, 0.5) is 28.4 Å². The summed E-state index contributed by atoms with van der Waals surface area (Å²) in [7, 11) is -9.22. The molecule has 0 aliphatic heterocycles. The quantitative estimate of drug-likeness (QED) is 0.0737. The topological polar surface area (TPSA) is 230 Å². The highest BCUT2D eigenvalue weighted by Gasteiger charge is 2.33. The van der Waals surface area contributed by atoms with Crippen molar-refractivity contribution < 1.29 is 35.5 Å². The Bertz CT molecular complexity index is 2130. The molecule has 5 rings (SSSR count). The summed E-state index contributed by atoms with van der Waals surface area (Å²) < 4.78 is 65.7. The van der Waals surface area contributed by atoms with Crippen molar-refractivity contribution in [2.75, 3.05) is 16.5 Å². The van der Waals surface area contributed by atoms with Gasteiger partial charge in [0.05, 0.1) is 22.0 Å². The number of nitrogens with zero attached hydrogens (tertiary/aromatic N) is 3. The number of ketones is 1.